The van der Waals surface area contributed by atoms with Gasteiger partial charge in [0.2, 0.25) is 15.9 Å². The Morgan fingerprint density at radius 2 is 2.05 bits per heavy atom. The number of amides is 1. The molecule has 1 aliphatic heterocycles. The van der Waals surface area contributed by atoms with Crippen LogP contribution in [-0.4, -0.2) is 38.5 Å². The molecule has 0 atom stereocenters. The number of carbonyl (C=O) groups is 1. The summed E-state index contributed by atoms with van der Waals surface area (Å²) in [5, 5.41) is 5.99. The number of benzene rings is 1. The van der Waals surface area contributed by atoms with Crippen LogP contribution in [0.3, 0.4) is 0 Å². The van der Waals surface area contributed by atoms with Crippen molar-refractivity contribution in [1.29, 1.82) is 0 Å². The lowest BCUT2D eigenvalue weighted by atomic mass is 10.1. The third-order valence-electron chi connectivity index (χ3n) is 3.32. The van der Waals surface area contributed by atoms with Crippen molar-refractivity contribution in [3.63, 3.8) is 0 Å². The highest BCUT2D eigenvalue weighted by molar-refractivity contribution is 7.88. The molecule has 0 aliphatic carbocycles. The number of sulfonamides is 1. The van der Waals surface area contributed by atoms with E-state index in [2.05, 4.69) is 22.8 Å². The number of hydrogen-bond donors (Lipinski definition) is 2. The fourth-order valence-corrected chi connectivity index (χ4v) is 2.39. The molecule has 0 saturated carbocycles. The monoisotopic (exact) mass is 297 g/mol. The van der Waals surface area contributed by atoms with E-state index in [0.717, 1.165) is 29.2 Å². The molecule has 1 aromatic carbocycles. The Kier molecular flexibility index (Phi) is 4.42. The highest BCUT2D eigenvalue weighted by Gasteiger charge is 2.15. The van der Waals surface area contributed by atoms with E-state index in [9.17, 15) is 13.2 Å². The van der Waals surface area contributed by atoms with Crippen LogP contribution >= 0.6 is 0 Å². The topological polar surface area (TPSA) is 78.5 Å². The molecule has 7 heteroatoms. The van der Waals surface area contributed by atoms with E-state index in [1.54, 1.807) is 0 Å². The third-order valence-corrected chi connectivity index (χ3v) is 4.59. The molecule has 0 fully saturated rings. The predicted octanol–water partition coefficient (Wildman–Crippen LogP) is -0.203. The molecule has 6 nitrogen and oxygen atoms in total. The molecule has 1 heterocycles. The number of nitrogens with zero attached hydrogens (tertiary/aromatic N) is 1. The first-order valence-corrected chi connectivity index (χ1v) is 8.20. The lowest BCUT2D eigenvalue weighted by Crippen LogP contribution is -2.37. The van der Waals surface area contributed by atoms with Gasteiger partial charge in [0.25, 0.3) is 0 Å². The average Bonchev–Trinajstić information content (AvgIpc) is 2.82. The van der Waals surface area contributed by atoms with Crippen LogP contribution in [0.15, 0.2) is 18.2 Å². The first-order valence-electron chi connectivity index (χ1n) is 6.35. The van der Waals surface area contributed by atoms with Gasteiger partial charge in [-0.2, -0.15) is 4.31 Å². The molecule has 0 radical (unpaired) electrons. The maximum absolute atomic E-state index is 11.7. The Morgan fingerprint density at radius 3 is 2.75 bits per heavy atom. The maximum Gasteiger partial charge on any atom is 0.235 e. The van der Waals surface area contributed by atoms with Gasteiger partial charge in [-0.05, 0) is 16.7 Å². The Labute approximate surface area is 119 Å². The minimum Gasteiger partial charge on any atom is -0.351 e. The van der Waals surface area contributed by atoms with Gasteiger partial charge >= 0.3 is 0 Å². The number of fused-ring (bicyclic) bond motifs is 1. The number of likely N-dealkylation sites (N-methyl/N-ethyl adjacent to an activating group) is 1. The van der Waals surface area contributed by atoms with E-state index in [1.807, 2.05) is 6.07 Å². The van der Waals surface area contributed by atoms with Crippen molar-refractivity contribution in [1.82, 2.24) is 14.9 Å². The first kappa shape index (κ1) is 15.0. The van der Waals surface area contributed by atoms with Gasteiger partial charge in [-0.3, -0.25) is 4.79 Å². The van der Waals surface area contributed by atoms with Gasteiger partial charge < -0.3 is 10.6 Å². The molecular formula is C13H19N3O3S. The Morgan fingerprint density at radius 1 is 1.35 bits per heavy atom. The van der Waals surface area contributed by atoms with Crippen LogP contribution in [0.5, 0.6) is 0 Å². The van der Waals surface area contributed by atoms with E-state index in [1.165, 1.54) is 18.2 Å². The van der Waals surface area contributed by atoms with E-state index in [-0.39, 0.29) is 12.5 Å². The number of rotatable bonds is 5. The molecule has 2 N–H and O–H groups in total. The van der Waals surface area contributed by atoms with Crippen LogP contribution in [0.25, 0.3) is 0 Å². The second-order valence-corrected chi connectivity index (χ2v) is 7.09. The van der Waals surface area contributed by atoms with Gasteiger partial charge in [-0.25, -0.2) is 8.42 Å². The molecule has 0 aromatic heterocycles. The van der Waals surface area contributed by atoms with Crippen LogP contribution in [0.4, 0.5) is 0 Å². The first-order chi connectivity index (χ1) is 9.36. The third kappa shape index (κ3) is 3.78. The van der Waals surface area contributed by atoms with Crippen molar-refractivity contribution in [2.45, 2.75) is 19.6 Å². The summed E-state index contributed by atoms with van der Waals surface area (Å²) in [5.41, 5.74) is 3.56. The van der Waals surface area contributed by atoms with Crippen molar-refractivity contribution in [3.05, 3.63) is 34.9 Å². The van der Waals surface area contributed by atoms with E-state index in [4.69, 9.17) is 0 Å². The second kappa shape index (κ2) is 5.90. The summed E-state index contributed by atoms with van der Waals surface area (Å²) in [7, 11) is -1.94. The lowest BCUT2D eigenvalue weighted by Gasteiger charge is -2.13. The quantitative estimate of drug-likeness (QED) is 0.789. The molecule has 0 unspecified atom stereocenters. The average molecular weight is 297 g/mol. The summed E-state index contributed by atoms with van der Waals surface area (Å²) in [4.78, 5) is 11.7. The molecule has 0 spiro atoms. The smallest absolute Gasteiger partial charge is 0.235 e. The summed E-state index contributed by atoms with van der Waals surface area (Å²) >= 11 is 0. The second-order valence-electron chi connectivity index (χ2n) is 5.00. The predicted molar refractivity (Wildman–Crippen MR) is 76.3 cm³/mol. The van der Waals surface area contributed by atoms with Gasteiger partial charge in [0, 0.05) is 26.7 Å². The molecule has 0 saturated heterocycles. The Bertz CT molecular complexity index is 613. The standard InChI is InChI=1S/C13H19N3O3S/c1-16(20(2,18)19)9-13(17)15-6-10-3-4-11-7-14-8-12(11)5-10/h3-5,14H,6-9H2,1-2H3,(H,15,17). The van der Waals surface area contributed by atoms with Crippen LogP contribution in [0, 0.1) is 0 Å². The summed E-state index contributed by atoms with van der Waals surface area (Å²) in [5.74, 6) is -0.309. The minimum absolute atomic E-state index is 0.161. The fraction of sp³-hybridized carbons (Fsp3) is 0.462. The van der Waals surface area contributed by atoms with Gasteiger partial charge in [-0.1, -0.05) is 18.2 Å². The maximum atomic E-state index is 11.7. The fourth-order valence-electron chi connectivity index (χ4n) is 2.03. The van der Waals surface area contributed by atoms with E-state index < -0.39 is 10.0 Å². The van der Waals surface area contributed by atoms with Crippen LogP contribution < -0.4 is 10.6 Å². The zero-order valence-electron chi connectivity index (χ0n) is 11.6. The van der Waals surface area contributed by atoms with Crippen molar-refractivity contribution in [2.24, 2.45) is 0 Å². The van der Waals surface area contributed by atoms with E-state index in [0.29, 0.717) is 6.54 Å². The normalized spacial score (nSPS) is 14.3. The summed E-state index contributed by atoms with van der Waals surface area (Å²) in [6.45, 7) is 1.99. The number of nitrogens with one attached hydrogen (secondary N) is 2. The van der Waals surface area contributed by atoms with Crippen molar-refractivity contribution >= 4 is 15.9 Å². The highest BCUT2D eigenvalue weighted by Crippen LogP contribution is 2.16. The minimum atomic E-state index is -3.32. The zero-order valence-corrected chi connectivity index (χ0v) is 12.5. The molecule has 1 aliphatic rings. The summed E-state index contributed by atoms with van der Waals surface area (Å²) in [6, 6.07) is 6.10. The van der Waals surface area contributed by atoms with E-state index >= 15 is 0 Å². The molecule has 1 amide bonds. The SMILES string of the molecule is CN(CC(=O)NCc1ccc2c(c1)CNC2)S(C)(=O)=O. The highest BCUT2D eigenvalue weighted by atomic mass is 32.2. The van der Waals surface area contributed by atoms with Gasteiger partial charge in [-0.15, -0.1) is 0 Å². The van der Waals surface area contributed by atoms with Crippen molar-refractivity contribution in [3.8, 4) is 0 Å². The van der Waals surface area contributed by atoms with Crippen LogP contribution in [0.1, 0.15) is 16.7 Å². The van der Waals surface area contributed by atoms with Gasteiger partial charge in [0.1, 0.15) is 0 Å². The van der Waals surface area contributed by atoms with Crippen molar-refractivity contribution in [2.75, 3.05) is 19.8 Å². The van der Waals surface area contributed by atoms with Crippen LogP contribution in [-0.2, 0) is 34.5 Å². The summed E-state index contributed by atoms with van der Waals surface area (Å²) < 4.78 is 23.4. The number of hydrogen-bond acceptors (Lipinski definition) is 4. The molecule has 0 bridgehead atoms. The number of carbonyl (C=O) groups excluding carboxylic acids is 1. The van der Waals surface area contributed by atoms with Gasteiger partial charge in [0.15, 0.2) is 0 Å². The molecule has 2 rings (SSSR count). The Balaban J connectivity index is 1.88. The molecular weight excluding hydrogens is 278 g/mol. The largest absolute Gasteiger partial charge is 0.351 e. The van der Waals surface area contributed by atoms with Gasteiger partial charge in [0.05, 0.1) is 12.8 Å². The molecule has 20 heavy (non-hydrogen) atoms. The van der Waals surface area contributed by atoms with Crippen LogP contribution in [0.2, 0.25) is 0 Å². The zero-order chi connectivity index (χ0) is 14.8. The molecule has 110 valence electrons. The Hall–Kier alpha value is -1.44. The molecule has 1 aromatic rings. The van der Waals surface area contributed by atoms with Crippen molar-refractivity contribution < 1.29 is 13.2 Å². The summed E-state index contributed by atoms with van der Waals surface area (Å²) in [6.07, 6.45) is 1.08. The lowest BCUT2D eigenvalue weighted by molar-refractivity contribution is -0.121.